The summed E-state index contributed by atoms with van der Waals surface area (Å²) >= 11 is 0. The summed E-state index contributed by atoms with van der Waals surface area (Å²) in [6, 6.07) is 0. The van der Waals surface area contributed by atoms with Gasteiger partial charge in [0.2, 0.25) is 0 Å². The first kappa shape index (κ1) is 19.5. The van der Waals surface area contributed by atoms with E-state index in [1.54, 1.807) is 0 Å². The van der Waals surface area contributed by atoms with Crippen molar-refractivity contribution in [1.82, 2.24) is 20.2 Å². The summed E-state index contributed by atoms with van der Waals surface area (Å²) < 4.78 is 21.5. The zero-order valence-electron chi connectivity index (χ0n) is 15.3. The van der Waals surface area contributed by atoms with Gasteiger partial charge in [-0.15, -0.1) is 0 Å². The van der Waals surface area contributed by atoms with Crippen LogP contribution in [0.15, 0.2) is 11.1 Å². The number of aromatic amines is 2. The van der Waals surface area contributed by atoms with Crippen molar-refractivity contribution in [2.75, 3.05) is 6.61 Å². The fourth-order valence-electron chi connectivity index (χ4n) is 3.01. The number of rotatable bonds is 5. The van der Waals surface area contributed by atoms with Crippen LogP contribution in [0.2, 0.25) is 0 Å². The van der Waals surface area contributed by atoms with Crippen molar-refractivity contribution in [1.29, 1.82) is 0 Å². The van der Waals surface area contributed by atoms with Gasteiger partial charge in [0.25, 0.3) is 5.56 Å². The molecule has 0 aromatic carbocycles. The van der Waals surface area contributed by atoms with Crippen LogP contribution in [0.5, 0.6) is 0 Å². The van der Waals surface area contributed by atoms with Crippen LogP contribution < -0.4 is 5.56 Å². The highest BCUT2D eigenvalue weighted by atomic mass is 16.6. The van der Waals surface area contributed by atoms with E-state index < -0.39 is 47.9 Å². The molecule has 1 aliphatic heterocycles. The highest BCUT2D eigenvalue weighted by molar-refractivity contribution is 5.76. The van der Waals surface area contributed by atoms with Gasteiger partial charge < -0.3 is 23.9 Å². The van der Waals surface area contributed by atoms with E-state index in [4.69, 9.17) is 18.9 Å². The van der Waals surface area contributed by atoms with Crippen molar-refractivity contribution in [2.45, 2.75) is 45.2 Å². The molecule has 12 nitrogen and oxygen atoms in total. The van der Waals surface area contributed by atoms with Gasteiger partial charge >= 0.3 is 17.9 Å². The maximum Gasteiger partial charge on any atom is 0.303 e. The summed E-state index contributed by atoms with van der Waals surface area (Å²) in [4.78, 5) is 52.7. The topological polar surface area (TPSA) is 163 Å². The molecule has 150 valence electrons. The van der Waals surface area contributed by atoms with Crippen molar-refractivity contribution in [2.24, 2.45) is 0 Å². The molecule has 2 N–H and O–H groups in total. The molecule has 1 fully saturated rings. The number of ether oxygens (including phenoxy) is 4. The van der Waals surface area contributed by atoms with E-state index in [-0.39, 0.29) is 23.3 Å². The van der Waals surface area contributed by atoms with E-state index in [0.717, 1.165) is 0 Å². The van der Waals surface area contributed by atoms with Crippen LogP contribution in [0.1, 0.15) is 32.6 Å². The third-order valence-corrected chi connectivity index (χ3v) is 4.02. The van der Waals surface area contributed by atoms with Gasteiger partial charge in [-0.2, -0.15) is 5.10 Å². The zero-order valence-corrected chi connectivity index (χ0v) is 15.3. The van der Waals surface area contributed by atoms with Crippen LogP contribution in [0.25, 0.3) is 11.0 Å². The van der Waals surface area contributed by atoms with Gasteiger partial charge in [0, 0.05) is 20.8 Å². The Balaban J connectivity index is 2.02. The third-order valence-electron chi connectivity index (χ3n) is 4.02. The number of hydrogen-bond donors (Lipinski definition) is 2. The van der Waals surface area contributed by atoms with Crippen LogP contribution in [0.4, 0.5) is 0 Å². The second-order valence-electron chi connectivity index (χ2n) is 6.11. The maximum absolute atomic E-state index is 11.9. The predicted octanol–water partition coefficient (Wildman–Crippen LogP) is -0.487. The number of hydrogen-bond acceptors (Lipinski definition) is 10. The minimum Gasteiger partial charge on any atom is -0.463 e. The normalized spacial score (nSPS) is 24.1. The number of carbonyl (C=O) groups is 3. The van der Waals surface area contributed by atoms with Gasteiger partial charge in [-0.05, 0) is 0 Å². The molecule has 2 aromatic heterocycles. The molecule has 2 aromatic rings. The van der Waals surface area contributed by atoms with Gasteiger partial charge in [0.05, 0.1) is 12.0 Å². The average Bonchev–Trinajstić information content (AvgIpc) is 3.16. The summed E-state index contributed by atoms with van der Waals surface area (Å²) in [5, 5.41) is 6.58. The second-order valence-corrected chi connectivity index (χ2v) is 6.11. The number of nitrogens with zero attached hydrogens (tertiary/aromatic N) is 2. The lowest BCUT2D eigenvalue weighted by Crippen LogP contribution is -2.40. The van der Waals surface area contributed by atoms with Crippen molar-refractivity contribution in [3.63, 3.8) is 0 Å². The number of esters is 3. The molecule has 0 spiro atoms. The van der Waals surface area contributed by atoms with Crippen molar-refractivity contribution < 1.29 is 33.3 Å². The average molecular weight is 394 g/mol. The van der Waals surface area contributed by atoms with Crippen LogP contribution in [-0.2, 0) is 33.3 Å². The molecule has 0 radical (unpaired) electrons. The Kier molecular flexibility index (Phi) is 5.40. The monoisotopic (exact) mass is 394 g/mol. The molecule has 3 heterocycles. The molecule has 28 heavy (non-hydrogen) atoms. The second kappa shape index (κ2) is 7.76. The maximum atomic E-state index is 11.9. The minimum atomic E-state index is -1.08. The van der Waals surface area contributed by atoms with E-state index in [1.807, 2.05) is 0 Å². The number of H-pyrrole nitrogens is 2. The molecule has 3 rings (SSSR count). The largest absolute Gasteiger partial charge is 0.463 e. The summed E-state index contributed by atoms with van der Waals surface area (Å²) in [7, 11) is 0. The fraction of sp³-hybridized carbons (Fsp3) is 0.500. The van der Waals surface area contributed by atoms with Gasteiger partial charge in [-0.3, -0.25) is 24.3 Å². The Morgan fingerprint density at radius 1 is 1.07 bits per heavy atom. The third kappa shape index (κ3) is 3.86. The van der Waals surface area contributed by atoms with Gasteiger partial charge in [0.15, 0.2) is 17.7 Å². The van der Waals surface area contributed by atoms with Crippen LogP contribution >= 0.6 is 0 Å². The molecule has 0 bridgehead atoms. The summed E-state index contributed by atoms with van der Waals surface area (Å²) in [5.74, 6) is -1.83. The molecule has 0 saturated carbocycles. The predicted molar refractivity (Wildman–Crippen MR) is 89.9 cm³/mol. The summed E-state index contributed by atoms with van der Waals surface area (Å²) in [5.41, 5.74) is 0.0353. The van der Waals surface area contributed by atoms with E-state index in [2.05, 4.69) is 20.2 Å². The summed E-state index contributed by atoms with van der Waals surface area (Å²) in [6.07, 6.45) is -2.84. The minimum absolute atomic E-state index is 0.0372. The van der Waals surface area contributed by atoms with Gasteiger partial charge in [-0.1, -0.05) is 0 Å². The lowest BCUT2D eigenvalue weighted by Gasteiger charge is -2.23. The molecular formula is C16H18N4O8. The Morgan fingerprint density at radius 2 is 1.75 bits per heavy atom. The van der Waals surface area contributed by atoms with E-state index in [1.165, 1.54) is 27.1 Å². The summed E-state index contributed by atoms with van der Waals surface area (Å²) in [6.45, 7) is 3.36. The highest BCUT2D eigenvalue weighted by Crippen LogP contribution is 2.38. The molecule has 1 saturated heterocycles. The van der Waals surface area contributed by atoms with Crippen LogP contribution in [0.3, 0.4) is 0 Å². The molecule has 4 unspecified atom stereocenters. The lowest BCUT2D eigenvalue weighted by atomic mass is 10.0. The molecular weight excluding hydrogens is 376 g/mol. The molecule has 0 aliphatic carbocycles. The smallest absolute Gasteiger partial charge is 0.303 e. The van der Waals surface area contributed by atoms with E-state index >= 15 is 0 Å². The van der Waals surface area contributed by atoms with Crippen LogP contribution in [0, 0.1) is 0 Å². The first-order valence-electron chi connectivity index (χ1n) is 8.32. The van der Waals surface area contributed by atoms with Gasteiger partial charge in [0.1, 0.15) is 24.3 Å². The SMILES string of the molecule is CC(=O)OCC1OC(c2[nH]nc3c(=O)[nH]cnc23)C(OC(C)=O)C1OC(C)=O. The number of fused-ring (bicyclic) bond motifs is 1. The molecule has 12 heteroatoms. The van der Waals surface area contributed by atoms with E-state index in [0.29, 0.717) is 0 Å². The standard InChI is InChI=1S/C16H18N4O8/c1-6(21)25-4-9-13(26-7(2)22)15(27-8(3)23)14(28-9)11-10-12(20-19-11)16(24)18-5-17-10/h5,9,13-15H,4H2,1-3H3,(H,19,20)(H,17,18,24). The number of aromatic nitrogens is 4. The molecule has 1 aliphatic rings. The van der Waals surface area contributed by atoms with Gasteiger partial charge in [-0.25, -0.2) is 4.98 Å². The fourth-order valence-corrected chi connectivity index (χ4v) is 3.01. The first-order chi connectivity index (χ1) is 13.3. The zero-order chi connectivity index (χ0) is 20.4. The number of nitrogens with one attached hydrogen (secondary N) is 2. The number of carbonyl (C=O) groups excluding carboxylic acids is 3. The van der Waals surface area contributed by atoms with E-state index in [9.17, 15) is 19.2 Å². The van der Waals surface area contributed by atoms with Crippen LogP contribution in [-0.4, -0.2) is 63.0 Å². The lowest BCUT2D eigenvalue weighted by molar-refractivity contribution is -0.165. The Hall–Kier alpha value is -3.28. The molecule has 0 amide bonds. The quantitative estimate of drug-likeness (QED) is 0.500. The highest BCUT2D eigenvalue weighted by Gasteiger charge is 2.51. The first-order valence-corrected chi connectivity index (χ1v) is 8.32. The Labute approximate surface area is 157 Å². The Morgan fingerprint density at radius 3 is 2.39 bits per heavy atom. The van der Waals surface area contributed by atoms with Crippen molar-refractivity contribution >= 4 is 28.9 Å². The van der Waals surface area contributed by atoms with Crippen molar-refractivity contribution in [3.8, 4) is 0 Å². The Bertz CT molecular complexity index is 967. The molecule has 4 atom stereocenters. The van der Waals surface area contributed by atoms with Crippen molar-refractivity contribution in [3.05, 3.63) is 22.4 Å².